The standard InChI is InChI=1S/C21H19ClN2O3/c1-2-7-18(24-19(25)13-27-14-8-4-3-5-9-14)16-12-17(22)15-10-6-11-23-20(15)21(16)26/h2-12,18,26H,13H2,1H3,(H,24,25)/b7-2+. The molecule has 1 aromatic heterocycles. The van der Waals surface area contributed by atoms with E-state index < -0.39 is 6.04 Å². The number of pyridine rings is 1. The molecule has 1 unspecified atom stereocenters. The molecule has 1 heterocycles. The number of halogens is 1. The summed E-state index contributed by atoms with van der Waals surface area (Å²) in [5.74, 6) is 0.275. The Morgan fingerprint density at radius 1 is 1.30 bits per heavy atom. The predicted molar refractivity (Wildman–Crippen MR) is 106 cm³/mol. The maximum atomic E-state index is 12.3. The molecule has 27 heavy (non-hydrogen) atoms. The predicted octanol–water partition coefficient (Wildman–Crippen LogP) is 4.41. The lowest BCUT2D eigenvalue weighted by molar-refractivity contribution is -0.123. The molecule has 138 valence electrons. The molecule has 0 aliphatic rings. The molecule has 0 aliphatic heterocycles. The normalized spacial score (nSPS) is 12.2. The first-order chi connectivity index (χ1) is 13.1. The first-order valence-corrected chi connectivity index (χ1v) is 8.84. The van der Waals surface area contributed by atoms with Crippen molar-refractivity contribution in [2.75, 3.05) is 6.61 Å². The molecule has 0 fully saturated rings. The van der Waals surface area contributed by atoms with Crippen molar-refractivity contribution in [3.05, 3.63) is 77.5 Å². The fraction of sp³-hybridized carbons (Fsp3) is 0.143. The van der Waals surface area contributed by atoms with Crippen LogP contribution in [-0.2, 0) is 4.79 Å². The minimum absolute atomic E-state index is 0.0117. The molecule has 3 rings (SSSR count). The average Bonchev–Trinajstić information content (AvgIpc) is 2.70. The number of aromatic hydroxyl groups is 1. The van der Waals surface area contributed by atoms with Gasteiger partial charge in [0.2, 0.25) is 0 Å². The van der Waals surface area contributed by atoms with E-state index in [0.29, 0.717) is 27.2 Å². The summed E-state index contributed by atoms with van der Waals surface area (Å²) in [7, 11) is 0. The van der Waals surface area contributed by atoms with Gasteiger partial charge >= 0.3 is 0 Å². The highest BCUT2D eigenvalue weighted by atomic mass is 35.5. The first-order valence-electron chi connectivity index (χ1n) is 8.46. The number of hydrogen-bond acceptors (Lipinski definition) is 4. The molecule has 1 atom stereocenters. The fourth-order valence-electron chi connectivity index (χ4n) is 2.75. The Labute approximate surface area is 162 Å². The third-order valence-electron chi connectivity index (χ3n) is 3.99. The number of benzene rings is 2. The molecule has 3 aromatic rings. The molecule has 2 aromatic carbocycles. The van der Waals surface area contributed by atoms with Gasteiger partial charge < -0.3 is 15.2 Å². The zero-order chi connectivity index (χ0) is 19.2. The topological polar surface area (TPSA) is 71.5 Å². The summed E-state index contributed by atoms with van der Waals surface area (Å²) < 4.78 is 5.47. The van der Waals surface area contributed by atoms with Crippen LogP contribution in [0.2, 0.25) is 5.02 Å². The largest absolute Gasteiger partial charge is 0.505 e. The van der Waals surface area contributed by atoms with Crippen molar-refractivity contribution in [2.24, 2.45) is 0 Å². The van der Waals surface area contributed by atoms with Crippen LogP contribution in [0.25, 0.3) is 10.9 Å². The maximum Gasteiger partial charge on any atom is 0.258 e. The number of para-hydroxylation sites is 1. The van der Waals surface area contributed by atoms with Gasteiger partial charge in [0, 0.05) is 17.1 Å². The minimum Gasteiger partial charge on any atom is -0.505 e. The van der Waals surface area contributed by atoms with Gasteiger partial charge in [0.05, 0.1) is 11.1 Å². The summed E-state index contributed by atoms with van der Waals surface area (Å²) in [6.07, 6.45) is 5.14. The number of fused-ring (bicyclic) bond motifs is 1. The molecular weight excluding hydrogens is 364 g/mol. The van der Waals surface area contributed by atoms with E-state index in [-0.39, 0.29) is 18.3 Å². The number of allylic oxidation sites excluding steroid dienone is 1. The zero-order valence-corrected chi connectivity index (χ0v) is 15.5. The Kier molecular flexibility index (Phi) is 5.94. The number of phenolic OH excluding ortho intramolecular Hbond substituents is 1. The third kappa shape index (κ3) is 4.38. The van der Waals surface area contributed by atoms with E-state index in [2.05, 4.69) is 10.3 Å². The van der Waals surface area contributed by atoms with Crippen molar-refractivity contribution in [1.29, 1.82) is 0 Å². The van der Waals surface area contributed by atoms with Crippen LogP contribution in [0.4, 0.5) is 0 Å². The van der Waals surface area contributed by atoms with Gasteiger partial charge in [-0.25, -0.2) is 0 Å². The Bertz CT molecular complexity index is 974. The van der Waals surface area contributed by atoms with E-state index in [1.54, 1.807) is 48.7 Å². The van der Waals surface area contributed by atoms with E-state index >= 15 is 0 Å². The SMILES string of the molecule is C/C=C/C(NC(=O)COc1ccccc1)c1cc(Cl)c2cccnc2c1O. The molecule has 0 radical (unpaired) electrons. The second kappa shape index (κ2) is 8.56. The molecular formula is C21H19ClN2O3. The molecule has 1 amide bonds. The number of nitrogens with one attached hydrogen (secondary N) is 1. The zero-order valence-electron chi connectivity index (χ0n) is 14.7. The number of ether oxygens (including phenoxy) is 1. The number of carbonyl (C=O) groups is 1. The smallest absolute Gasteiger partial charge is 0.258 e. The fourth-order valence-corrected chi connectivity index (χ4v) is 3.02. The summed E-state index contributed by atoms with van der Waals surface area (Å²) in [5, 5.41) is 14.6. The third-order valence-corrected chi connectivity index (χ3v) is 4.31. The van der Waals surface area contributed by atoms with Crippen LogP contribution in [0.3, 0.4) is 0 Å². The lowest BCUT2D eigenvalue weighted by atomic mass is 10.0. The lowest BCUT2D eigenvalue weighted by Crippen LogP contribution is -2.31. The van der Waals surface area contributed by atoms with Crippen LogP contribution in [-0.4, -0.2) is 22.6 Å². The summed E-state index contributed by atoms with van der Waals surface area (Å²) >= 11 is 6.34. The van der Waals surface area contributed by atoms with Gasteiger partial charge in [-0.2, -0.15) is 0 Å². The van der Waals surface area contributed by atoms with Crippen molar-refractivity contribution >= 4 is 28.4 Å². The highest BCUT2D eigenvalue weighted by Crippen LogP contribution is 2.36. The second-order valence-electron chi connectivity index (χ2n) is 5.87. The van der Waals surface area contributed by atoms with E-state index in [4.69, 9.17) is 16.3 Å². The highest BCUT2D eigenvalue weighted by molar-refractivity contribution is 6.35. The van der Waals surface area contributed by atoms with E-state index in [1.165, 1.54) is 0 Å². The average molecular weight is 383 g/mol. The molecule has 5 nitrogen and oxygen atoms in total. The Balaban J connectivity index is 1.82. The quantitative estimate of drug-likeness (QED) is 0.619. The van der Waals surface area contributed by atoms with Crippen LogP contribution in [0, 0.1) is 0 Å². The molecule has 0 bridgehead atoms. The maximum absolute atomic E-state index is 12.3. The van der Waals surface area contributed by atoms with Gasteiger partial charge in [-0.3, -0.25) is 9.78 Å². The van der Waals surface area contributed by atoms with Gasteiger partial charge in [0.25, 0.3) is 5.91 Å². The lowest BCUT2D eigenvalue weighted by Gasteiger charge is -2.18. The van der Waals surface area contributed by atoms with Crippen molar-refractivity contribution in [3.63, 3.8) is 0 Å². The summed E-state index contributed by atoms with van der Waals surface area (Å²) in [6, 6.07) is 13.7. The second-order valence-corrected chi connectivity index (χ2v) is 6.28. The minimum atomic E-state index is -0.564. The summed E-state index contributed by atoms with van der Waals surface area (Å²) in [4.78, 5) is 16.5. The van der Waals surface area contributed by atoms with Gasteiger partial charge in [-0.1, -0.05) is 42.0 Å². The van der Waals surface area contributed by atoms with Gasteiger partial charge in [-0.15, -0.1) is 0 Å². The van der Waals surface area contributed by atoms with Crippen LogP contribution >= 0.6 is 11.6 Å². The Morgan fingerprint density at radius 3 is 2.81 bits per heavy atom. The monoisotopic (exact) mass is 382 g/mol. The Hall–Kier alpha value is -3.05. The van der Waals surface area contributed by atoms with Crippen molar-refractivity contribution in [1.82, 2.24) is 10.3 Å². The van der Waals surface area contributed by atoms with Crippen molar-refractivity contribution in [3.8, 4) is 11.5 Å². The van der Waals surface area contributed by atoms with Gasteiger partial charge in [-0.05, 0) is 37.3 Å². The summed E-state index contributed by atoms with van der Waals surface area (Å²) in [5.41, 5.74) is 0.863. The molecule has 0 aliphatic carbocycles. The molecule has 0 saturated heterocycles. The van der Waals surface area contributed by atoms with Crippen LogP contribution in [0.5, 0.6) is 11.5 Å². The number of nitrogens with zero attached hydrogens (tertiary/aromatic N) is 1. The first kappa shape index (κ1) is 18.7. The number of carbonyl (C=O) groups excluding carboxylic acids is 1. The highest BCUT2D eigenvalue weighted by Gasteiger charge is 2.19. The van der Waals surface area contributed by atoms with Crippen LogP contribution in [0.15, 0.2) is 66.9 Å². The van der Waals surface area contributed by atoms with Crippen molar-refractivity contribution < 1.29 is 14.6 Å². The molecule has 0 spiro atoms. The van der Waals surface area contributed by atoms with E-state index in [1.807, 2.05) is 25.1 Å². The number of rotatable bonds is 6. The molecule has 6 heteroatoms. The number of aromatic nitrogens is 1. The molecule has 0 saturated carbocycles. The Morgan fingerprint density at radius 2 is 2.07 bits per heavy atom. The van der Waals surface area contributed by atoms with Gasteiger partial charge in [0.1, 0.15) is 17.0 Å². The molecule has 2 N–H and O–H groups in total. The van der Waals surface area contributed by atoms with Crippen LogP contribution < -0.4 is 10.1 Å². The number of hydrogen-bond donors (Lipinski definition) is 2. The van der Waals surface area contributed by atoms with Crippen LogP contribution in [0.1, 0.15) is 18.5 Å². The van der Waals surface area contributed by atoms with E-state index in [9.17, 15) is 9.90 Å². The van der Waals surface area contributed by atoms with Gasteiger partial charge in [0.15, 0.2) is 6.61 Å². The number of amides is 1. The van der Waals surface area contributed by atoms with E-state index in [0.717, 1.165) is 0 Å². The van der Waals surface area contributed by atoms with Crippen molar-refractivity contribution in [2.45, 2.75) is 13.0 Å². The summed E-state index contributed by atoms with van der Waals surface area (Å²) in [6.45, 7) is 1.69. The number of phenols is 1.